The largest absolute Gasteiger partial charge is 0.303 e. The van der Waals surface area contributed by atoms with Crippen molar-refractivity contribution in [2.24, 2.45) is 0 Å². The van der Waals surface area contributed by atoms with Gasteiger partial charge >= 0.3 is 0 Å². The molecule has 0 N–H and O–H groups in total. The van der Waals surface area contributed by atoms with Gasteiger partial charge in [0, 0.05) is 6.42 Å². The molecule has 0 heterocycles. The lowest BCUT2D eigenvalue weighted by atomic mass is 9.97. The summed E-state index contributed by atoms with van der Waals surface area (Å²) in [6, 6.07) is 6.36. The zero-order valence-corrected chi connectivity index (χ0v) is 8.50. The maximum absolute atomic E-state index is 10.4. The Balaban J connectivity index is 3.03. The van der Waals surface area contributed by atoms with Gasteiger partial charge in [0.1, 0.15) is 6.29 Å². The van der Waals surface area contributed by atoms with Crippen LogP contribution in [0.1, 0.15) is 36.5 Å². The van der Waals surface area contributed by atoms with Gasteiger partial charge in [0.15, 0.2) is 0 Å². The lowest BCUT2D eigenvalue weighted by Crippen LogP contribution is -1.94. The van der Waals surface area contributed by atoms with Crippen LogP contribution in [-0.4, -0.2) is 6.29 Å². The molecule has 70 valence electrons. The van der Waals surface area contributed by atoms with Crippen molar-refractivity contribution in [1.82, 2.24) is 0 Å². The van der Waals surface area contributed by atoms with Crippen molar-refractivity contribution in [3.05, 3.63) is 34.9 Å². The molecule has 1 rings (SSSR count). The van der Waals surface area contributed by atoms with Gasteiger partial charge in [-0.3, -0.25) is 0 Å². The Morgan fingerprint density at radius 2 is 2.08 bits per heavy atom. The Labute approximate surface area is 79.8 Å². The molecular formula is C12H16O. The van der Waals surface area contributed by atoms with E-state index in [1.54, 1.807) is 0 Å². The first-order chi connectivity index (χ1) is 6.15. The second-order valence-corrected chi connectivity index (χ2v) is 3.71. The average Bonchev–Trinajstić information content (AvgIpc) is 2.08. The summed E-state index contributed by atoms with van der Waals surface area (Å²) in [5, 5.41) is 0. The minimum atomic E-state index is 0.533. The highest BCUT2D eigenvalue weighted by atomic mass is 16.1. The van der Waals surface area contributed by atoms with Crippen LogP contribution in [0, 0.1) is 6.92 Å². The summed E-state index contributed by atoms with van der Waals surface area (Å²) < 4.78 is 0. The van der Waals surface area contributed by atoms with Gasteiger partial charge in [0.25, 0.3) is 0 Å². The summed E-state index contributed by atoms with van der Waals surface area (Å²) in [6.45, 7) is 6.37. The Morgan fingerprint density at radius 3 is 2.62 bits per heavy atom. The van der Waals surface area contributed by atoms with Crippen LogP contribution in [0.2, 0.25) is 0 Å². The highest BCUT2D eigenvalue weighted by Crippen LogP contribution is 2.18. The lowest BCUT2D eigenvalue weighted by Gasteiger charge is -2.09. The third-order valence-corrected chi connectivity index (χ3v) is 2.34. The van der Waals surface area contributed by atoms with E-state index < -0.39 is 0 Å². The number of aryl methyl sites for hydroxylation is 1. The van der Waals surface area contributed by atoms with Crippen LogP contribution >= 0.6 is 0 Å². The van der Waals surface area contributed by atoms with Gasteiger partial charge in [-0.1, -0.05) is 32.0 Å². The molecule has 0 aliphatic heterocycles. The van der Waals surface area contributed by atoms with Crippen molar-refractivity contribution in [2.45, 2.75) is 33.1 Å². The fourth-order valence-corrected chi connectivity index (χ4v) is 1.36. The van der Waals surface area contributed by atoms with Crippen LogP contribution in [0.4, 0.5) is 0 Å². The first-order valence-corrected chi connectivity index (χ1v) is 4.68. The molecule has 0 aromatic heterocycles. The zero-order chi connectivity index (χ0) is 9.84. The molecule has 0 bridgehead atoms. The van der Waals surface area contributed by atoms with Crippen LogP contribution in [0.25, 0.3) is 0 Å². The molecule has 0 aliphatic carbocycles. The van der Waals surface area contributed by atoms with E-state index in [4.69, 9.17) is 0 Å². The summed E-state index contributed by atoms with van der Waals surface area (Å²) in [4.78, 5) is 10.4. The third kappa shape index (κ3) is 2.41. The van der Waals surface area contributed by atoms with E-state index in [1.165, 1.54) is 11.1 Å². The van der Waals surface area contributed by atoms with E-state index in [-0.39, 0.29) is 0 Å². The van der Waals surface area contributed by atoms with E-state index in [0.717, 1.165) is 11.8 Å². The minimum Gasteiger partial charge on any atom is -0.303 e. The second kappa shape index (κ2) is 4.22. The minimum absolute atomic E-state index is 0.533. The highest BCUT2D eigenvalue weighted by molar-refractivity contribution is 5.56. The summed E-state index contributed by atoms with van der Waals surface area (Å²) in [5.74, 6) is 0.533. The number of hydrogen-bond acceptors (Lipinski definition) is 1. The van der Waals surface area contributed by atoms with Crippen LogP contribution in [-0.2, 0) is 11.2 Å². The molecule has 0 spiro atoms. The third-order valence-electron chi connectivity index (χ3n) is 2.34. The van der Waals surface area contributed by atoms with Gasteiger partial charge in [-0.2, -0.15) is 0 Å². The maximum atomic E-state index is 10.4. The molecule has 0 saturated heterocycles. The summed E-state index contributed by atoms with van der Waals surface area (Å²) in [7, 11) is 0. The van der Waals surface area contributed by atoms with Gasteiger partial charge in [-0.05, 0) is 29.5 Å². The van der Waals surface area contributed by atoms with E-state index in [1.807, 2.05) is 6.92 Å². The van der Waals surface area contributed by atoms with Crippen LogP contribution in [0.3, 0.4) is 0 Å². The lowest BCUT2D eigenvalue weighted by molar-refractivity contribution is -0.107. The molecule has 13 heavy (non-hydrogen) atoms. The molecule has 0 amide bonds. The van der Waals surface area contributed by atoms with E-state index in [2.05, 4.69) is 32.0 Å². The molecule has 0 unspecified atom stereocenters. The summed E-state index contributed by atoms with van der Waals surface area (Å²) in [6.07, 6.45) is 1.50. The maximum Gasteiger partial charge on any atom is 0.124 e. The number of hydrogen-bond donors (Lipinski definition) is 0. The molecule has 1 aromatic rings. The first-order valence-electron chi connectivity index (χ1n) is 4.68. The Morgan fingerprint density at radius 1 is 1.38 bits per heavy atom. The van der Waals surface area contributed by atoms with Crippen LogP contribution in [0.15, 0.2) is 18.2 Å². The molecule has 0 atom stereocenters. The van der Waals surface area contributed by atoms with E-state index >= 15 is 0 Å². The quantitative estimate of drug-likeness (QED) is 0.647. The van der Waals surface area contributed by atoms with E-state index in [0.29, 0.717) is 12.3 Å². The normalized spacial score (nSPS) is 10.5. The Kier molecular flexibility index (Phi) is 3.24. The molecule has 1 aromatic carbocycles. The molecule has 0 aliphatic rings. The number of benzene rings is 1. The second-order valence-electron chi connectivity index (χ2n) is 3.71. The van der Waals surface area contributed by atoms with Crippen molar-refractivity contribution in [1.29, 1.82) is 0 Å². The predicted molar refractivity (Wildman–Crippen MR) is 55.0 cm³/mol. The Bertz CT molecular complexity index is 300. The highest BCUT2D eigenvalue weighted by Gasteiger charge is 2.02. The standard InChI is InChI=1S/C12H16O/c1-9(2)11-5-4-10(3)12(8-11)6-7-13/h4-5,7-9H,6H2,1-3H3. The fraction of sp³-hybridized carbons (Fsp3) is 0.417. The number of carbonyl (C=O) groups is 1. The summed E-state index contributed by atoms with van der Waals surface area (Å²) in [5.41, 5.74) is 3.67. The molecule has 1 nitrogen and oxygen atoms in total. The molecule has 0 fully saturated rings. The van der Waals surface area contributed by atoms with Crippen molar-refractivity contribution >= 4 is 6.29 Å². The molecule has 0 radical (unpaired) electrons. The van der Waals surface area contributed by atoms with Crippen molar-refractivity contribution < 1.29 is 4.79 Å². The number of carbonyl (C=O) groups excluding carboxylic acids is 1. The van der Waals surface area contributed by atoms with Gasteiger partial charge in [0.2, 0.25) is 0 Å². The van der Waals surface area contributed by atoms with Gasteiger partial charge in [0.05, 0.1) is 0 Å². The fourth-order valence-electron chi connectivity index (χ4n) is 1.36. The number of aldehydes is 1. The van der Waals surface area contributed by atoms with E-state index in [9.17, 15) is 4.79 Å². The molecule has 0 saturated carbocycles. The molecule has 1 heteroatoms. The average molecular weight is 176 g/mol. The van der Waals surface area contributed by atoms with Gasteiger partial charge in [-0.15, -0.1) is 0 Å². The smallest absolute Gasteiger partial charge is 0.124 e. The Hall–Kier alpha value is -1.11. The first kappa shape index (κ1) is 9.97. The van der Waals surface area contributed by atoms with Crippen LogP contribution in [0.5, 0.6) is 0 Å². The van der Waals surface area contributed by atoms with Gasteiger partial charge in [-0.25, -0.2) is 0 Å². The van der Waals surface area contributed by atoms with Crippen molar-refractivity contribution in [3.8, 4) is 0 Å². The predicted octanol–water partition coefficient (Wildman–Crippen LogP) is 2.86. The molecular weight excluding hydrogens is 160 g/mol. The van der Waals surface area contributed by atoms with Crippen molar-refractivity contribution in [3.63, 3.8) is 0 Å². The zero-order valence-electron chi connectivity index (χ0n) is 8.50. The van der Waals surface area contributed by atoms with Crippen LogP contribution < -0.4 is 0 Å². The number of rotatable bonds is 3. The van der Waals surface area contributed by atoms with Gasteiger partial charge < -0.3 is 4.79 Å². The van der Waals surface area contributed by atoms with Crippen molar-refractivity contribution in [2.75, 3.05) is 0 Å². The SMILES string of the molecule is Cc1ccc(C(C)C)cc1CC=O. The monoisotopic (exact) mass is 176 g/mol. The topological polar surface area (TPSA) is 17.1 Å². The summed E-state index contributed by atoms with van der Waals surface area (Å²) >= 11 is 0.